The first-order chi connectivity index (χ1) is 8.50. The molecule has 100 valence electrons. The van der Waals surface area contributed by atoms with Crippen LogP contribution in [-0.4, -0.2) is 36.1 Å². The molecule has 1 rings (SSSR count). The number of aliphatic carboxylic acids is 1. The van der Waals surface area contributed by atoms with Gasteiger partial charge >= 0.3 is 5.97 Å². The summed E-state index contributed by atoms with van der Waals surface area (Å²) in [5.74, 6) is 1.33. The van der Waals surface area contributed by atoms with E-state index in [-0.39, 0.29) is 18.5 Å². The largest absolute Gasteiger partial charge is 0.481 e. The Bertz CT molecular complexity index is 362. The van der Waals surface area contributed by atoms with Crippen LogP contribution in [0.4, 0.5) is 0 Å². The van der Waals surface area contributed by atoms with Crippen molar-refractivity contribution in [1.29, 1.82) is 0 Å². The minimum absolute atomic E-state index is 0.121. The van der Waals surface area contributed by atoms with Crippen molar-refractivity contribution in [1.82, 2.24) is 10.6 Å². The fraction of sp³-hybridized carbons (Fsp3) is 0.692. The monoisotopic (exact) mass is 252 g/mol. The second-order valence-electron chi connectivity index (χ2n) is 4.90. The van der Waals surface area contributed by atoms with Crippen LogP contribution in [0.5, 0.6) is 0 Å². The molecule has 1 saturated carbocycles. The van der Waals surface area contributed by atoms with Crippen molar-refractivity contribution in [3.8, 4) is 12.3 Å². The minimum atomic E-state index is -0.861. The lowest BCUT2D eigenvalue weighted by Gasteiger charge is -2.38. The van der Waals surface area contributed by atoms with Gasteiger partial charge in [0.1, 0.15) is 0 Å². The molecule has 5 nitrogen and oxygen atoms in total. The number of amides is 1. The predicted octanol–water partition coefficient (Wildman–Crippen LogP) is 0.359. The molecule has 1 aliphatic carbocycles. The smallest absolute Gasteiger partial charge is 0.311 e. The van der Waals surface area contributed by atoms with E-state index >= 15 is 0 Å². The highest BCUT2D eigenvalue weighted by atomic mass is 16.4. The molecule has 0 aliphatic heterocycles. The number of carboxylic acids is 1. The van der Waals surface area contributed by atoms with Crippen molar-refractivity contribution in [3.63, 3.8) is 0 Å². The SMILES string of the molecule is C#CCNCC(=O)NC1CCCCC1(C)C(=O)O. The molecule has 18 heavy (non-hydrogen) atoms. The molecule has 1 amide bonds. The van der Waals surface area contributed by atoms with Crippen LogP contribution >= 0.6 is 0 Å². The maximum absolute atomic E-state index is 11.7. The van der Waals surface area contributed by atoms with Crippen LogP contribution in [0.3, 0.4) is 0 Å². The van der Waals surface area contributed by atoms with E-state index in [9.17, 15) is 14.7 Å². The Morgan fingerprint density at radius 3 is 2.83 bits per heavy atom. The van der Waals surface area contributed by atoms with Crippen LogP contribution < -0.4 is 10.6 Å². The first-order valence-corrected chi connectivity index (χ1v) is 6.17. The molecule has 0 spiro atoms. The van der Waals surface area contributed by atoms with E-state index in [1.165, 1.54) is 0 Å². The lowest BCUT2D eigenvalue weighted by molar-refractivity contribution is -0.152. The summed E-state index contributed by atoms with van der Waals surface area (Å²) in [5, 5.41) is 14.9. The third-order valence-corrected chi connectivity index (χ3v) is 3.54. The van der Waals surface area contributed by atoms with E-state index in [1.54, 1.807) is 6.92 Å². The zero-order valence-corrected chi connectivity index (χ0v) is 10.7. The summed E-state index contributed by atoms with van der Waals surface area (Å²) >= 11 is 0. The quantitative estimate of drug-likeness (QED) is 0.487. The molecule has 0 aromatic heterocycles. The van der Waals surface area contributed by atoms with Gasteiger partial charge < -0.3 is 10.4 Å². The Morgan fingerprint density at radius 2 is 2.22 bits per heavy atom. The van der Waals surface area contributed by atoms with Crippen LogP contribution in [0, 0.1) is 17.8 Å². The van der Waals surface area contributed by atoms with Gasteiger partial charge in [-0.2, -0.15) is 0 Å². The second kappa shape index (κ2) is 6.41. The van der Waals surface area contributed by atoms with E-state index in [0.29, 0.717) is 19.4 Å². The van der Waals surface area contributed by atoms with Gasteiger partial charge in [-0.15, -0.1) is 6.42 Å². The van der Waals surface area contributed by atoms with Gasteiger partial charge in [0.15, 0.2) is 0 Å². The predicted molar refractivity (Wildman–Crippen MR) is 67.8 cm³/mol. The average Bonchev–Trinajstić information content (AvgIpc) is 2.32. The van der Waals surface area contributed by atoms with Crippen LogP contribution in [-0.2, 0) is 9.59 Å². The molecule has 0 heterocycles. The molecule has 5 heteroatoms. The van der Waals surface area contributed by atoms with E-state index in [0.717, 1.165) is 12.8 Å². The molecule has 1 aliphatic rings. The van der Waals surface area contributed by atoms with Gasteiger partial charge in [-0.1, -0.05) is 18.8 Å². The summed E-state index contributed by atoms with van der Waals surface area (Å²) in [6.45, 7) is 2.15. The lowest BCUT2D eigenvalue weighted by atomic mass is 9.71. The van der Waals surface area contributed by atoms with E-state index in [4.69, 9.17) is 6.42 Å². The zero-order chi connectivity index (χ0) is 13.6. The van der Waals surface area contributed by atoms with Crippen molar-refractivity contribution in [3.05, 3.63) is 0 Å². The van der Waals surface area contributed by atoms with Crippen molar-refractivity contribution < 1.29 is 14.7 Å². The number of carbonyl (C=O) groups is 2. The standard InChI is InChI=1S/C13H20N2O3/c1-3-8-14-9-11(16)15-10-6-4-5-7-13(10,2)12(17)18/h1,10,14H,4-9H2,2H3,(H,15,16)(H,17,18). The summed E-state index contributed by atoms with van der Waals surface area (Å²) in [7, 11) is 0. The first-order valence-electron chi connectivity index (χ1n) is 6.17. The zero-order valence-electron chi connectivity index (χ0n) is 10.7. The highest BCUT2D eigenvalue weighted by Gasteiger charge is 2.43. The Balaban J connectivity index is 2.55. The summed E-state index contributed by atoms with van der Waals surface area (Å²) in [6.07, 6.45) is 8.22. The topological polar surface area (TPSA) is 78.4 Å². The normalized spacial score (nSPS) is 27.2. The molecule has 0 radical (unpaired) electrons. The molecule has 2 atom stereocenters. The molecular weight excluding hydrogens is 232 g/mol. The van der Waals surface area contributed by atoms with Crippen molar-refractivity contribution in [2.45, 2.75) is 38.6 Å². The van der Waals surface area contributed by atoms with Crippen LogP contribution in [0.15, 0.2) is 0 Å². The van der Waals surface area contributed by atoms with Gasteiger partial charge in [0.2, 0.25) is 5.91 Å². The summed E-state index contributed by atoms with van der Waals surface area (Å²) in [5.41, 5.74) is -0.861. The fourth-order valence-corrected chi connectivity index (χ4v) is 2.31. The molecule has 2 unspecified atom stereocenters. The number of carboxylic acid groups (broad SMARTS) is 1. The maximum Gasteiger partial charge on any atom is 0.311 e. The first kappa shape index (κ1) is 14.5. The molecule has 3 N–H and O–H groups in total. The number of hydrogen-bond donors (Lipinski definition) is 3. The minimum Gasteiger partial charge on any atom is -0.481 e. The van der Waals surface area contributed by atoms with Crippen molar-refractivity contribution >= 4 is 11.9 Å². The molecule has 0 aromatic rings. The van der Waals surface area contributed by atoms with Gasteiger partial charge in [-0.05, 0) is 19.8 Å². The van der Waals surface area contributed by atoms with Crippen molar-refractivity contribution in [2.24, 2.45) is 5.41 Å². The van der Waals surface area contributed by atoms with Gasteiger partial charge in [0.25, 0.3) is 0 Å². The van der Waals surface area contributed by atoms with Gasteiger partial charge in [0.05, 0.1) is 18.5 Å². The molecule has 1 fully saturated rings. The number of rotatable bonds is 5. The van der Waals surface area contributed by atoms with E-state index in [1.807, 2.05) is 0 Å². The van der Waals surface area contributed by atoms with Gasteiger partial charge in [0, 0.05) is 6.04 Å². The highest BCUT2D eigenvalue weighted by molar-refractivity contribution is 5.81. The third-order valence-electron chi connectivity index (χ3n) is 3.54. The van der Waals surface area contributed by atoms with Crippen LogP contribution in [0.25, 0.3) is 0 Å². The average molecular weight is 252 g/mol. The summed E-state index contributed by atoms with van der Waals surface area (Å²) in [6, 6.07) is -0.302. The lowest BCUT2D eigenvalue weighted by Crippen LogP contribution is -2.53. The Labute approximate surface area is 107 Å². The molecule has 0 bridgehead atoms. The Morgan fingerprint density at radius 1 is 1.50 bits per heavy atom. The molecule has 0 aromatic carbocycles. The number of hydrogen-bond acceptors (Lipinski definition) is 3. The van der Waals surface area contributed by atoms with E-state index in [2.05, 4.69) is 16.6 Å². The maximum atomic E-state index is 11.7. The third kappa shape index (κ3) is 3.47. The number of carbonyl (C=O) groups excluding carboxylic acids is 1. The Hall–Kier alpha value is -1.54. The van der Waals surface area contributed by atoms with Crippen LogP contribution in [0.2, 0.25) is 0 Å². The van der Waals surface area contributed by atoms with Crippen LogP contribution in [0.1, 0.15) is 32.6 Å². The fourth-order valence-electron chi connectivity index (χ4n) is 2.31. The highest BCUT2D eigenvalue weighted by Crippen LogP contribution is 2.36. The summed E-state index contributed by atoms with van der Waals surface area (Å²) < 4.78 is 0. The van der Waals surface area contributed by atoms with Gasteiger partial charge in [-0.25, -0.2) is 0 Å². The number of terminal acetylenes is 1. The summed E-state index contributed by atoms with van der Waals surface area (Å²) in [4.78, 5) is 23.0. The second-order valence-corrected chi connectivity index (χ2v) is 4.90. The van der Waals surface area contributed by atoms with Crippen molar-refractivity contribution in [2.75, 3.05) is 13.1 Å². The molecule has 0 saturated heterocycles. The van der Waals surface area contributed by atoms with Gasteiger partial charge in [-0.3, -0.25) is 14.9 Å². The number of nitrogens with one attached hydrogen (secondary N) is 2. The Kier molecular flexibility index (Phi) is 5.17. The van der Waals surface area contributed by atoms with E-state index < -0.39 is 11.4 Å². The molecular formula is C13H20N2O3.